The van der Waals surface area contributed by atoms with Crippen molar-refractivity contribution < 1.29 is 14.7 Å². The third kappa shape index (κ3) is 3.69. The second-order valence-corrected chi connectivity index (χ2v) is 7.63. The Bertz CT molecular complexity index is 947. The number of Topliss-reactive ketones (excluding diaryl/α,β-unsaturated/α-hetero) is 1. The van der Waals surface area contributed by atoms with E-state index in [0.29, 0.717) is 17.1 Å². The molecule has 1 aliphatic heterocycles. The van der Waals surface area contributed by atoms with Gasteiger partial charge < -0.3 is 10.0 Å². The van der Waals surface area contributed by atoms with Crippen molar-refractivity contribution >= 4 is 29.1 Å². The number of hydrogen-bond donors (Lipinski definition) is 1. The molecule has 1 aliphatic rings. The van der Waals surface area contributed by atoms with Crippen molar-refractivity contribution in [3.05, 3.63) is 75.3 Å². The van der Waals surface area contributed by atoms with E-state index in [9.17, 15) is 14.7 Å². The summed E-state index contributed by atoms with van der Waals surface area (Å²) in [6.45, 7) is 6.42. The molecule has 0 saturated carbocycles. The number of rotatable bonds is 5. The van der Waals surface area contributed by atoms with E-state index in [2.05, 4.69) is 0 Å². The summed E-state index contributed by atoms with van der Waals surface area (Å²) in [6, 6.07) is 11.9. The highest BCUT2D eigenvalue weighted by molar-refractivity contribution is 6.46. The minimum atomic E-state index is -0.646. The number of carbonyl (C=O) groups is 2. The highest BCUT2D eigenvalue weighted by Gasteiger charge is 2.45. The van der Waals surface area contributed by atoms with Gasteiger partial charge in [0.1, 0.15) is 5.76 Å². The molecule has 0 aromatic heterocycles. The number of nitrogens with zero attached hydrogens (tertiary/aromatic N) is 1. The molecule has 0 bridgehead atoms. The molecule has 28 heavy (non-hydrogen) atoms. The molecule has 2 aromatic rings. The van der Waals surface area contributed by atoms with Crippen molar-refractivity contribution in [3.63, 3.8) is 0 Å². The summed E-state index contributed by atoms with van der Waals surface area (Å²) in [5.41, 5.74) is 3.52. The van der Waals surface area contributed by atoms with Gasteiger partial charge in [0, 0.05) is 17.1 Å². The van der Waals surface area contributed by atoms with E-state index < -0.39 is 17.7 Å². The predicted octanol–water partition coefficient (Wildman–Crippen LogP) is 5.18. The molecule has 1 fully saturated rings. The Morgan fingerprint density at radius 3 is 2.36 bits per heavy atom. The average molecular weight is 398 g/mol. The van der Waals surface area contributed by atoms with Crippen LogP contribution in [-0.2, 0) is 9.59 Å². The van der Waals surface area contributed by atoms with Crippen molar-refractivity contribution in [1.82, 2.24) is 4.90 Å². The molecular weight excluding hydrogens is 374 g/mol. The number of ketones is 1. The van der Waals surface area contributed by atoms with Crippen molar-refractivity contribution in [2.24, 2.45) is 0 Å². The number of aliphatic hydroxyl groups excluding tert-OH is 1. The Balaban J connectivity index is 2.17. The zero-order chi connectivity index (χ0) is 20.4. The van der Waals surface area contributed by atoms with E-state index in [0.717, 1.165) is 29.5 Å². The predicted molar refractivity (Wildman–Crippen MR) is 111 cm³/mol. The number of aryl methyl sites for hydroxylation is 2. The normalized spacial score (nSPS) is 18.7. The van der Waals surface area contributed by atoms with Crippen molar-refractivity contribution in [2.45, 2.75) is 39.7 Å². The van der Waals surface area contributed by atoms with E-state index in [1.807, 2.05) is 32.9 Å². The molecule has 146 valence electrons. The quantitative estimate of drug-likeness (QED) is 0.429. The second kappa shape index (κ2) is 8.19. The standard InChI is InChI=1S/C23H24ClNO3/c1-4-5-12-25-20(16-8-10-18(24)11-9-16)19(22(27)23(25)28)21(26)17-7-6-14(2)15(3)13-17/h6-11,13,20,26H,4-5,12H2,1-3H3/b21-19-. The van der Waals surface area contributed by atoms with Crippen LogP contribution in [0.15, 0.2) is 48.0 Å². The van der Waals surface area contributed by atoms with Gasteiger partial charge in [0.15, 0.2) is 0 Å². The second-order valence-electron chi connectivity index (χ2n) is 7.20. The Morgan fingerprint density at radius 1 is 1.07 bits per heavy atom. The zero-order valence-corrected chi connectivity index (χ0v) is 17.1. The fraction of sp³-hybridized carbons (Fsp3) is 0.304. The lowest BCUT2D eigenvalue weighted by molar-refractivity contribution is -0.139. The maximum atomic E-state index is 12.9. The number of likely N-dealkylation sites (tertiary alicyclic amines) is 1. The Kier molecular flexibility index (Phi) is 5.90. The van der Waals surface area contributed by atoms with E-state index >= 15 is 0 Å². The van der Waals surface area contributed by atoms with Crippen LogP contribution in [0, 0.1) is 13.8 Å². The number of unbranched alkanes of at least 4 members (excludes halogenated alkanes) is 1. The van der Waals surface area contributed by atoms with Crippen LogP contribution in [-0.4, -0.2) is 28.2 Å². The minimum absolute atomic E-state index is 0.131. The minimum Gasteiger partial charge on any atom is -0.507 e. The SMILES string of the molecule is CCCCN1C(=O)C(=O)/C(=C(\O)c2ccc(C)c(C)c2)C1c1ccc(Cl)cc1. The first-order valence-corrected chi connectivity index (χ1v) is 9.84. The van der Waals surface area contributed by atoms with E-state index in [4.69, 9.17) is 11.6 Å². The fourth-order valence-corrected chi connectivity index (χ4v) is 3.60. The van der Waals surface area contributed by atoms with Crippen LogP contribution in [0.2, 0.25) is 5.02 Å². The number of amides is 1. The maximum Gasteiger partial charge on any atom is 0.295 e. The first-order valence-electron chi connectivity index (χ1n) is 9.46. The molecule has 0 aliphatic carbocycles. The molecular formula is C23H24ClNO3. The summed E-state index contributed by atoms with van der Waals surface area (Å²) in [6.07, 6.45) is 1.67. The van der Waals surface area contributed by atoms with Gasteiger partial charge in [-0.15, -0.1) is 0 Å². The summed E-state index contributed by atoms with van der Waals surface area (Å²) in [5.74, 6) is -1.36. The molecule has 1 amide bonds. The van der Waals surface area contributed by atoms with Crippen molar-refractivity contribution in [1.29, 1.82) is 0 Å². The van der Waals surface area contributed by atoms with Crippen molar-refractivity contribution in [2.75, 3.05) is 6.54 Å². The lowest BCUT2D eigenvalue weighted by atomic mass is 9.94. The third-order valence-corrected chi connectivity index (χ3v) is 5.51. The molecule has 5 heteroatoms. The monoisotopic (exact) mass is 397 g/mol. The molecule has 0 radical (unpaired) electrons. The van der Waals surface area contributed by atoms with Gasteiger partial charge in [0.2, 0.25) is 0 Å². The summed E-state index contributed by atoms with van der Waals surface area (Å²) < 4.78 is 0. The third-order valence-electron chi connectivity index (χ3n) is 5.26. The van der Waals surface area contributed by atoms with E-state index in [1.54, 1.807) is 35.2 Å². The van der Waals surface area contributed by atoms with Crippen LogP contribution in [0.25, 0.3) is 5.76 Å². The first kappa shape index (κ1) is 20.2. The van der Waals surface area contributed by atoms with Crippen LogP contribution < -0.4 is 0 Å². The van der Waals surface area contributed by atoms with Gasteiger partial charge in [-0.25, -0.2) is 0 Å². The lowest BCUT2D eigenvalue weighted by Crippen LogP contribution is -2.30. The zero-order valence-electron chi connectivity index (χ0n) is 16.3. The molecule has 1 saturated heterocycles. The summed E-state index contributed by atoms with van der Waals surface area (Å²) in [5, 5.41) is 11.6. The Morgan fingerprint density at radius 2 is 1.75 bits per heavy atom. The van der Waals surface area contributed by atoms with E-state index in [1.165, 1.54) is 0 Å². The molecule has 1 unspecified atom stereocenters. The number of benzene rings is 2. The van der Waals surface area contributed by atoms with Gasteiger partial charge in [-0.2, -0.15) is 0 Å². The lowest BCUT2D eigenvalue weighted by Gasteiger charge is -2.25. The van der Waals surface area contributed by atoms with E-state index in [-0.39, 0.29) is 11.3 Å². The Hall–Kier alpha value is -2.59. The fourth-order valence-electron chi connectivity index (χ4n) is 3.47. The molecule has 4 nitrogen and oxygen atoms in total. The summed E-state index contributed by atoms with van der Waals surface area (Å²) >= 11 is 6.01. The molecule has 1 atom stereocenters. The van der Waals surface area contributed by atoms with Crippen LogP contribution in [0.4, 0.5) is 0 Å². The molecule has 0 spiro atoms. The first-order chi connectivity index (χ1) is 13.3. The largest absolute Gasteiger partial charge is 0.507 e. The number of aliphatic hydroxyl groups is 1. The van der Waals surface area contributed by atoms with Crippen LogP contribution >= 0.6 is 11.6 Å². The van der Waals surface area contributed by atoms with Crippen LogP contribution in [0.1, 0.15) is 48.1 Å². The van der Waals surface area contributed by atoms with Gasteiger partial charge in [-0.3, -0.25) is 9.59 Å². The smallest absolute Gasteiger partial charge is 0.295 e. The summed E-state index contributed by atoms with van der Waals surface area (Å²) in [7, 11) is 0. The van der Waals surface area contributed by atoms with Crippen LogP contribution in [0.5, 0.6) is 0 Å². The molecule has 2 aromatic carbocycles. The highest BCUT2D eigenvalue weighted by Crippen LogP contribution is 2.40. The number of hydrogen-bond acceptors (Lipinski definition) is 3. The maximum absolute atomic E-state index is 12.9. The molecule has 1 heterocycles. The van der Waals surface area contributed by atoms with Crippen LogP contribution in [0.3, 0.4) is 0 Å². The molecule has 3 rings (SSSR count). The van der Waals surface area contributed by atoms with Gasteiger partial charge in [-0.1, -0.05) is 49.2 Å². The molecule has 1 N–H and O–H groups in total. The van der Waals surface area contributed by atoms with Gasteiger partial charge in [0.05, 0.1) is 11.6 Å². The van der Waals surface area contributed by atoms with Gasteiger partial charge >= 0.3 is 0 Å². The highest BCUT2D eigenvalue weighted by atomic mass is 35.5. The van der Waals surface area contributed by atoms with Crippen molar-refractivity contribution in [3.8, 4) is 0 Å². The topological polar surface area (TPSA) is 57.6 Å². The van der Waals surface area contributed by atoms with Gasteiger partial charge in [-0.05, 0) is 55.2 Å². The average Bonchev–Trinajstić information content (AvgIpc) is 2.93. The number of carbonyl (C=O) groups excluding carboxylic acids is 2. The van der Waals surface area contributed by atoms with Gasteiger partial charge in [0.25, 0.3) is 11.7 Å². The summed E-state index contributed by atoms with van der Waals surface area (Å²) in [4.78, 5) is 27.2. The number of halogens is 1. The Labute approximate surface area is 170 Å².